The zero-order valence-corrected chi connectivity index (χ0v) is 10.4. The van der Waals surface area contributed by atoms with E-state index in [2.05, 4.69) is 17.1 Å². The number of nitrogens with zero attached hydrogens (tertiary/aromatic N) is 1. The number of carbonyl (C=O) groups excluding carboxylic acids is 1. The Hall–Kier alpha value is -0.570. The lowest BCUT2D eigenvalue weighted by atomic mass is 9.91. The summed E-state index contributed by atoms with van der Waals surface area (Å²) in [5.74, 6) is 1.59. The van der Waals surface area contributed by atoms with E-state index in [0.717, 1.165) is 44.9 Å². The van der Waals surface area contributed by atoms with Crippen molar-refractivity contribution >= 4 is 5.91 Å². The molecule has 0 radical (unpaired) electrons. The molecule has 0 spiro atoms. The minimum absolute atomic E-state index is 0.305. The average molecular weight is 224 g/mol. The van der Waals surface area contributed by atoms with Crippen LogP contribution in [0, 0.1) is 11.8 Å². The summed E-state index contributed by atoms with van der Waals surface area (Å²) < 4.78 is 0. The molecule has 2 rings (SSSR count). The first-order chi connectivity index (χ1) is 7.81. The van der Waals surface area contributed by atoms with E-state index in [0.29, 0.717) is 11.8 Å². The summed E-state index contributed by atoms with van der Waals surface area (Å²) in [6.07, 6.45) is 5.77. The van der Waals surface area contributed by atoms with Gasteiger partial charge in [-0.1, -0.05) is 13.3 Å². The Bertz CT molecular complexity index is 228. The van der Waals surface area contributed by atoms with Crippen LogP contribution in [0.4, 0.5) is 0 Å². The summed E-state index contributed by atoms with van der Waals surface area (Å²) in [6.45, 7) is 6.29. The van der Waals surface area contributed by atoms with Crippen LogP contribution in [0.5, 0.6) is 0 Å². The van der Waals surface area contributed by atoms with Crippen molar-refractivity contribution in [1.29, 1.82) is 0 Å². The molecule has 1 N–H and O–H groups in total. The van der Waals surface area contributed by atoms with Crippen molar-refractivity contribution in [2.45, 2.75) is 39.0 Å². The Kier molecular flexibility index (Phi) is 4.22. The molecule has 0 bridgehead atoms. The van der Waals surface area contributed by atoms with Gasteiger partial charge in [-0.2, -0.15) is 0 Å². The van der Waals surface area contributed by atoms with Crippen LogP contribution in [0.25, 0.3) is 0 Å². The maximum absolute atomic E-state index is 12.2. The second-order valence-electron chi connectivity index (χ2n) is 5.20. The van der Waals surface area contributed by atoms with E-state index in [-0.39, 0.29) is 0 Å². The molecule has 2 fully saturated rings. The van der Waals surface area contributed by atoms with Gasteiger partial charge >= 0.3 is 0 Å². The first-order valence-corrected chi connectivity index (χ1v) is 6.80. The van der Waals surface area contributed by atoms with Gasteiger partial charge in [0.1, 0.15) is 0 Å². The maximum atomic E-state index is 12.2. The molecule has 0 aromatic rings. The lowest BCUT2D eigenvalue weighted by Gasteiger charge is -2.35. The third-order valence-corrected chi connectivity index (χ3v) is 4.19. The molecule has 1 amide bonds. The van der Waals surface area contributed by atoms with Gasteiger partial charge in [-0.15, -0.1) is 0 Å². The van der Waals surface area contributed by atoms with E-state index in [4.69, 9.17) is 0 Å². The molecular weight excluding hydrogens is 200 g/mol. The number of piperidine rings is 2. The summed E-state index contributed by atoms with van der Waals surface area (Å²) in [6, 6.07) is 0. The van der Waals surface area contributed by atoms with Gasteiger partial charge in [0.2, 0.25) is 5.91 Å². The average Bonchev–Trinajstić information content (AvgIpc) is 2.39. The van der Waals surface area contributed by atoms with Crippen molar-refractivity contribution in [3.05, 3.63) is 0 Å². The predicted molar refractivity (Wildman–Crippen MR) is 65.2 cm³/mol. The van der Waals surface area contributed by atoms with Gasteiger partial charge in [0.25, 0.3) is 0 Å². The van der Waals surface area contributed by atoms with Crippen LogP contribution < -0.4 is 5.32 Å². The molecule has 16 heavy (non-hydrogen) atoms. The monoisotopic (exact) mass is 224 g/mol. The highest BCUT2D eigenvalue weighted by molar-refractivity contribution is 5.79. The second kappa shape index (κ2) is 5.67. The number of amides is 1. The molecule has 2 saturated heterocycles. The van der Waals surface area contributed by atoms with E-state index in [1.54, 1.807) is 0 Å². The molecule has 2 aliphatic rings. The summed E-state index contributed by atoms with van der Waals surface area (Å²) in [5, 5.41) is 3.32. The van der Waals surface area contributed by atoms with E-state index >= 15 is 0 Å². The molecule has 0 unspecified atom stereocenters. The van der Waals surface area contributed by atoms with E-state index in [1.165, 1.54) is 19.3 Å². The molecule has 2 aliphatic heterocycles. The Morgan fingerprint density at radius 1 is 1.19 bits per heavy atom. The quantitative estimate of drug-likeness (QED) is 0.773. The van der Waals surface area contributed by atoms with E-state index in [9.17, 15) is 4.79 Å². The molecule has 0 aliphatic carbocycles. The number of likely N-dealkylation sites (tertiary alicyclic amines) is 1. The van der Waals surface area contributed by atoms with Crippen molar-refractivity contribution in [1.82, 2.24) is 10.2 Å². The Balaban J connectivity index is 1.81. The topological polar surface area (TPSA) is 32.3 Å². The molecule has 3 nitrogen and oxygen atoms in total. The Morgan fingerprint density at radius 2 is 1.81 bits per heavy atom. The first kappa shape index (κ1) is 11.9. The smallest absolute Gasteiger partial charge is 0.225 e. The summed E-state index contributed by atoms with van der Waals surface area (Å²) in [4.78, 5) is 14.4. The highest BCUT2D eigenvalue weighted by atomic mass is 16.2. The number of rotatable bonds is 2. The summed E-state index contributed by atoms with van der Waals surface area (Å²) in [7, 11) is 0. The maximum Gasteiger partial charge on any atom is 0.225 e. The predicted octanol–water partition coefficient (Wildman–Crippen LogP) is 1.63. The fourth-order valence-corrected chi connectivity index (χ4v) is 2.89. The van der Waals surface area contributed by atoms with Crippen LogP contribution in [0.3, 0.4) is 0 Å². The second-order valence-corrected chi connectivity index (χ2v) is 5.20. The number of nitrogens with one attached hydrogen (secondary N) is 1. The SMILES string of the molecule is CCC1CCN(C(=O)C2CCNCC2)CC1. The minimum atomic E-state index is 0.305. The fourth-order valence-electron chi connectivity index (χ4n) is 2.89. The van der Waals surface area contributed by atoms with Crippen LogP contribution in [0.2, 0.25) is 0 Å². The van der Waals surface area contributed by atoms with Gasteiger partial charge in [0, 0.05) is 19.0 Å². The molecule has 0 atom stereocenters. The van der Waals surface area contributed by atoms with Gasteiger partial charge in [-0.25, -0.2) is 0 Å². The van der Waals surface area contributed by atoms with Gasteiger partial charge in [0.05, 0.1) is 0 Å². The highest BCUT2D eigenvalue weighted by Crippen LogP contribution is 2.23. The Morgan fingerprint density at radius 3 is 2.38 bits per heavy atom. The lowest BCUT2D eigenvalue weighted by molar-refractivity contribution is -0.137. The molecule has 0 saturated carbocycles. The Labute approximate surface area is 98.6 Å². The van der Waals surface area contributed by atoms with Gasteiger partial charge in [-0.05, 0) is 44.7 Å². The first-order valence-electron chi connectivity index (χ1n) is 6.80. The molecule has 0 aromatic heterocycles. The highest BCUT2D eigenvalue weighted by Gasteiger charge is 2.28. The molecule has 92 valence electrons. The van der Waals surface area contributed by atoms with Crippen molar-refractivity contribution in [2.24, 2.45) is 11.8 Å². The summed E-state index contributed by atoms with van der Waals surface area (Å²) in [5.41, 5.74) is 0. The minimum Gasteiger partial charge on any atom is -0.342 e. The zero-order chi connectivity index (χ0) is 11.4. The number of carbonyl (C=O) groups is 1. The zero-order valence-electron chi connectivity index (χ0n) is 10.4. The largest absolute Gasteiger partial charge is 0.342 e. The standard InChI is InChI=1S/C13H24N2O/c1-2-11-5-9-15(10-6-11)13(16)12-3-7-14-8-4-12/h11-12,14H,2-10H2,1H3. The van der Waals surface area contributed by atoms with Crippen LogP contribution in [-0.2, 0) is 4.79 Å². The van der Waals surface area contributed by atoms with Gasteiger partial charge in [-0.3, -0.25) is 4.79 Å². The molecule has 2 heterocycles. The van der Waals surface area contributed by atoms with E-state index < -0.39 is 0 Å². The molecule has 3 heteroatoms. The lowest BCUT2D eigenvalue weighted by Crippen LogP contribution is -2.44. The number of hydrogen-bond acceptors (Lipinski definition) is 2. The fraction of sp³-hybridized carbons (Fsp3) is 0.923. The van der Waals surface area contributed by atoms with Crippen molar-refractivity contribution < 1.29 is 4.79 Å². The van der Waals surface area contributed by atoms with Crippen LogP contribution >= 0.6 is 0 Å². The van der Waals surface area contributed by atoms with Crippen LogP contribution in [-0.4, -0.2) is 37.0 Å². The third kappa shape index (κ3) is 2.76. The van der Waals surface area contributed by atoms with Crippen LogP contribution in [0.15, 0.2) is 0 Å². The van der Waals surface area contributed by atoms with E-state index in [1.807, 2.05) is 0 Å². The third-order valence-electron chi connectivity index (χ3n) is 4.19. The van der Waals surface area contributed by atoms with Gasteiger partial charge in [0.15, 0.2) is 0 Å². The van der Waals surface area contributed by atoms with Crippen LogP contribution in [0.1, 0.15) is 39.0 Å². The van der Waals surface area contributed by atoms with Crippen molar-refractivity contribution in [2.75, 3.05) is 26.2 Å². The molecule has 0 aromatic carbocycles. The number of hydrogen-bond donors (Lipinski definition) is 1. The van der Waals surface area contributed by atoms with Gasteiger partial charge < -0.3 is 10.2 Å². The van der Waals surface area contributed by atoms with Crippen molar-refractivity contribution in [3.8, 4) is 0 Å². The molecular formula is C13H24N2O. The summed E-state index contributed by atoms with van der Waals surface area (Å²) >= 11 is 0. The van der Waals surface area contributed by atoms with Crippen molar-refractivity contribution in [3.63, 3.8) is 0 Å². The normalized spacial score (nSPS) is 24.7.